The predicted octanol–water partition coefficient (Wildman–Crippen LogP) is 0.463. The van der Waals surface area contributed by atoms with Crippen LogP contribution in [0.3, 0.4) is 0 Å². The van der Waals surface area contributed by atoms with E-state index in [0.717, 1.165) is 58.8 Å². The van der Waals surface area contributed by atoms with Gasteiger partial charge in [-0.2, -0.15) is 0 Å². The second-order valence-corrected chi connectivity index (χ2v) is 5.23. The van der Waals surface area contributed by atoms with E-state index in [-0.39, 0.29) is 5.41 Å². The number of ether oxygens (including phenoxy) is 2. The van der Waals surface area contributed by atoms with Gasteiger partial charge in [-0.3, -0.25) is 4.90 Å². The molecule has 4 nitrogen and oxygen atoms in total. The van der Waals surface area contributed by atoms with Gasteiger partial charge in [0.15, 0.2) is 0 Å². The van der Waals surface area contributed by atoms with Crippen LogP contribution < -0.4 is 5.73 Å². The Labute approximate surface area is 98.1 Å². The minimum Gasteiger partial charge on any atom is -0.381 e. The maximum absolute atomic E-state index is 5.98. The Morgan fingerprint density at radius 2 is 2.06 bits per heavy atom. The van der Waals surface area contributed by atoms with Crippen LogP contribution in [0, 0.1) is 5.41 Å². The molecule has 0 aromatic heterocycles. The number of nitrogens with two attached hydrogens (primary N) is 1. The van der Waals surface area contributed by atoms with Crippen molar-refractivity contribution in [1.29, 1.82) is 0 Å². The standard InChI is InChI=1S/C12H24N2O2/c1-11-8-14(4-7-16-11)10-12(9-13)2-5-15-6-3-12/h11H,2-10,13H2,1H3. The molecule has 0 radical (unpaired) electrons. The zero-order chi connectivity index (χ0) is 11.4. The summed E-state index contributed by atoms with van der Waals surface area (Å²) in [6.07, 6.45) is 2.58. The molecule has 1 unspecified atom stereocenters. The van der Waals surface area contributed by atoms with Gasteiger partial charge in [0, 0.05) is 32.8 Å². The number of rotatable bonds is 3. The van der Waals surface area contributed by atoms with Gasteiger partial charge < -0.3 is 15.2 Å². The van der Waals surface area contributed by atoms with E-state index in [1.807, 2.05) is 0 Å². The van der Waals surface area contributed by atoms with Crippen LogP contribution in [-0.2, 0) is 9.47 Å². The number of hydrogen-bond donors (Lipinski definition) is 1. The average molecular weight is 228 g/mol. The van der Waals surface area contributed by atoms with Gasteiger partial charge in [0.1, 0.15) is 0 Å². The summed E-state index contributed by atoms with van der Waals surface area (Å²) >= 11 is 0. The average Bonchev–Trinajstić information content (AvgIpc) is 2.30. The van der Waals surface area contributed by atoms with E-state index in [2.05, 4.69) is 11.8 Å². The van der Waals surface area contributed by atoms with Crippen LogP contribution in [0.1, 0.15) is 19.8 Å². The van der Waals surface area contributed by atoms with Gasteiger partial charge in [-0.05, 0) is 31.7 Å². The fourth-order valence-corrected chi connectivity index (χ4v) is 2.74. The Bertz CT molecular complexity index is 217. The van der Waals surface area contributed by atoms with Crippen molar-refractivity contribution in [2.75, 3.05) is 46.0 Å². The smallest absolute Gasteiger partial charge is 0.0674 e. The summed E-state index contributed by atoms with van der Waals surface area (Å²) in [7, 11) is 0. The fourth-order valence-electron chi connectivity index (χ4n) is 2.74. The lowest BCUT2D eigenvalue weighted by molar-refractivity contribution is -0.0514. The summed E-state index contributed by atoms with van der Waals surface area (Å²) in [6, 6.07) is 0. The van der Waals surface area contributed by atoms with E-state index in [9.17, 15) is 0 Å². The minimum atomic E-state index is 0.287. The first kappa shape index (κ1) is 12.3. The lowest BCUT2D eigenvalue weighted by atomic mass is 9.79. The lowest BCUT2D eigenvalue weighted by Crippen LogP contribution is -2.50. The van der Waals surface area contributed by atoms with Gasteiger partial charge in [0.2, 0.25) is 0 Å². The van der Waals surface area contributed by atoms with E-state index in [0.29, 0.717) is 6.10 Å². The Balaban J connectivity index is 1.89. The van der Waals surface area contributed by atoms with Gasteiger partial charge >= 0.3 is 0 Å². The monoisotopic (exact) mass is 228 g/mol. The molecule has 0 spiro atoms. The Hall–Kier alpha value is -0.160. The van der Waals surface area contributed by atoms with Crippen LogP contribution >= 0.6 is 0 Å². The molecule has 2 heterocycles. The third-order valence-electron chi connectivity index (χ3n) is 3.87. The summed E-state index contributed by atoms with van der Waals surface area (Å²) in [5.41, 5.74) is 6.26. The quantitative estimate of drug-likeness (QED) is 0.762. The van der Waals surface area contributed by atoms with E-state index in [1.54, 1.807) is 0 Å². The van der Waals surface area contributed by atoms with Crippen molar-refractivity contribution in [3.63, 3.8) is 0 Å². The molecule has 94 valence electrons. The number of hydrogen-bond acceptors (Lipinski definition) is 4. The van der Waals surface area contributed by atoms with E-state index < -0.39 is 0 Å². The van der Waals surface area contributed by atoms with Gasteiger partial charge in [-0.15, -0.1) is 0 Å². The van der Waals surface area contributed by atoms with Crippen molar-refractivity contribution in [1.82, 2.24) is 4.90 Å². The Morgan fingerprint density at radius 1 is 1.31 bits per heavy atom. The van der Waals surface area contributed by atoms with Gasteiger partial charge in [0.05, 0.1) is 12.7 Å². The molecule has 2 rings (SSSR count). The molecule has 2 saturated heterocycles. The molecule has 0 aromatic carbocycles. The van der Waals surface area contributed by atoms with Crippen LogP contribution in [0.2, 0.25) is 0 Å². The topological polar surface area (TPSA) is 47.7 Å². The molecule has 4 heteroatoms. The van der Waals surface area contributed by atoms with Gasteiger partial charge in [0.25, 0.3) is 0 Å². The highest BCUT2D eigenvalue weighted by Crippen LogP contribution is 2.30. The SMILES string of the molecule is CC1CN(CC2(CN)CCOCC2)CCO1. The molecule has 16 heavy (non-hydrogen) atoms. The van der Waals surface area contributed by atoms with Crippen molar-refractivity contribution < 1.29 is 9.47 Å². The Kier molecular flexibility index (Phi) is 4.19. The molecule has 2 fully saturated rings. The summed E-state index contributed by atoms with van der Waals surface area (Å²) in [6.45, 7) is 8.73. The maximum atomic E-state index is 5.98. The second-order valence-electron chi connectivity index (χ2n) is 5.23. The van der Waals surface area contributed by atoms with Gasteiger partial charge in [-0.1, -0.05) is 0 Å². The molecular weight excluding hydrogens is 204 g/mol. The molecule has 0 aromatic rings. The second kappa shape index (κ2) is 5.45. The molecule has 2 aliphatic rings. The summed E-state index contributed by atoms with van der Waals surface area (Å²) in [4.78, 5) is 2.51. The van der Waals surface area contributed by atoms with Gasteiger partial charge in [-0.25, -0.2) is 0 Å². The van der Waals surface area contributed by atoms with Crippen LogP contribution in [0.15, 0.2) is 0 Å². The van der Waals surface area contributed by atoms with E-state index in [1.165, 1.54) is 0 Å². The minimum absolute atomic E-state index is 0.287. The third-order valence-corrected chi connectivity index (χ3v) is 3.87. The van der Waals surface area contributed by atoms with Crippen molar-refractivity contribution in [3.8, 4) is 0 Å². The summed E-state index contributed by atoms with van der Waals surface area (Å²) in [5.74, 6) is 0. The molecule has 0 saturated carbocycles. The van der Waals surface area contributed by atoms with Crippen LogP contribution in [0.5, 0.6) is 0 Å². The first-order chi connectivity index (χ1) is 7.74. The molecular formula is C12H24N2O2. The van der Waals surface area contributed by atoms with Crippen molar-refractivity contribution >= 4 is 0 Å². The van der Waals surface area contributed by atoms with E-state index >= 15 is 0 Å². The van der Waals surface area contributed by atoms with E-state index in [4.69, 9.17) is 15.2 Å². The number of nitrogens with zero attached hydrogens (tertiary/aromatic N) is 1. The highest BCUT2D eigenvalue weighted by atomic mass is 16.5. The zero-order valence-electron chi connectivity index (χ0n) is 10.3. The Morgan fingerprint density at radius 3 is 2.69 bits per heavy atom. The van der Waals surface area contributed by atoms with Crippen LogP contribution in [0.4, 0.5) is 0 Å². The fraction of sp³-hybridized carbons (Fsp3) is 1.00. The van der Waals surface area contributed by atoms with Crippen molar-refractivity contribution in [2.24, 2.45) is 11.1 Å². The highest BCUT2D eigenvalue weighted by Gasteiger charge is 2.34. The highest BCUT2D eigenvalue weighted by molar-refractivity contribution is 4.87. The molecule has 2 aliphatic heterocycles. The van der Waals surface area contributed by atoms with Crippen molar-refractivity contribution in [2.45, 2.75) is 25.9 Å². The normalized spacial score (nSPS) is 31.5. The lowest BCUT2D eigenvalue weighted by Gasteiger charge is -2.42. The van der Waals surface area contributed by atoms with Crippen LogP contribution in [-0.4, -0.2) is 57.0 Å². The first-order valence-corrected chi connectivity index (χ1v) is 6.36. The maximum Gasteiger partial charge on any atom is 0.0674 e. The third kappa shape index (κ3) is 2.94. The number of morpholine rings is 1. The summed E-state index contributed by atoms with van der Waals surface area (Å²) < 4.78 is 11.0. The largest absolute Gasteiger partial charge is 0.381 e. The zero-order valence-corrected chi connectivity index (χ0v) is 10.3. The first-order valence-electron chi connectivity index (χ1n) is 6.36. The summed E-state index contributed by atoms with van der Waals surface area (Å²) in [5, 5.41) is 0. The van der Waals surface area contributed by atoms with Crippen molar-refractivity contribution in [3.05, 3.63) is 0 Å². The molecule has 1 atom stereocenters. The molecule has 0 amide bonds. The molecule has 0 aliphatic carbocycles. The molecule has 0 bridgehead atoms. The van der Waals surface area contributed by atoms with Crippen LogP contribution in [0.25, 0.3) is 0 Å². The molecule has 2 N–H and O–H groups in total. The predicted molar refractivity (Wildman–Crippen MR) is 63.4 cm³/mol.